The largest absolute Gasteiger partial charge is 0.270 e. The van der Waals surface area contributed by atoms with Crippen molar-refractivity contribution in [1.29, 1.82) is 0 Å². The van der Waals surface area contributed by atoms with Crippen LogP contribution in [0.5, 0.6) is 0 Å². The van der Waals surface area contributed by atoms with E-state index < -0.39 is 4.92 Å². The highest BCUT2D eigenvalue weighted by Gasteiger charge is 2.14. The van der Waals surface area contributed by atoms with Crippen molar-refractivity contribution in [2.24, 2.45) is 5.92 Å². The van der Waals surface area contributed by atoms with E-state index >= 15 is 0 Å². The lowest BCUT2D eigenvalue weighted by molar-refractivity contribution is -0.384. The van der Waals surface area contributed by atoms with Crippen molar-refractivity contribution in [3.8, 4) is 0 Å². The van der Waals surface area contributed by atoms with Crippen LogP contribution in [0.4, 0.5) is 5.69 Å². The van der Waals surface area contributed by atoms with Crippen LogP contribution < -0.4 is 0 Å². The Morgan fingerprint density at radius 3 is 2.75 bits per heavy atom. The quantitative estimate of drug-likeness (QED) is 0.471. The van der Waals surface area contributed by atoms with Crippen LogP contribution in [0, 0.1) is 16.0 Å². The summed E-state index contributed by atoms with van der Waals surface area (Å²) in [5.74, 6) is 0.585. The van der Waals surface area contributed by atoms with Crippen molar-refractivity contribution >= 4 is 32.5 Å². The Morgan fingerprint density at radius 2 is 2.10 bits per heavy atom. The van der Waals surface area contributed by atoms with E-state index in [2.05, 4.69) is 39.7 Å². The number of fused-ring (bicyclic) bond motifs is 1. The molecule has 0 spiro atoms. The molecule has 0 amide bonds. The maximum Gasteiger partial charge on any atom is 0.270 e. The van der Waals surface area contributed by atoms with E-state index in [1.807, 2.05) is 0 Å². The van der Waals surface area contributed by atoms with Crippen LogP contribution in [0.15, 0.2) is 24.5 Å². The fourth-order valence-corrected chi connectivity index (χ4v) is 3.23. The van der Waals surface area contributed by atoms with Crippen LogP contribution in [0.3, 0.4) is 0 Å². The summed E-state index contributed by atoms with van der Waals surface area (Å²) < 4.78 is 0. The summed E-state index contributed by atoms with van der Waals surface area (Å²) in [7, 11) is 0. The molecular formula is C14H16BrN3O2. The number of halogens is 1. The third-order valence-corrected chi connectivity index (χ3v) is 3.75. The minimum atomic E-state index is -0.393. The van der Waals surface area contributed by atoms with Crippen molar-refractivity contribution in [1.82, 2.24) is 9.97 Å². The average Bonchev–Trinajstić information content (AvgIpc) is 2.37. The summed E-state index contributed by atoms with van der Waals surface area (Å²) in [6.45, 7) is 4.33. The highest BCUT2D eigenvalue weighted by atomic mass is 79.9. The van der Waals surface area contributed by atoms with Crippen LogP contribution in [0.1, 0.15) is 26.0 Å². The van der Waals surface area contributed by atoms with Gasteiger partial charge in [0.25, 0.3) is 5.69 Å². The van der Waals surface area contributed by atoms with E-state index in [0.29, 0.717) is 10.7 Å². The van der Waals surface area contributed by atoms with Crippen LogP contribution in [-0.2, 0) is 6.42 Å². The predicted octanol–water partition coefficient (Wildman–Crippen LogP) is 3.89. The number of benzene rings is 1. The van der Waals surface area contributed by atoms with Gasteiger partial charge in [0.15, 0.2) is 0 Å². The molecule has 1 heterocycles. The lowest BCUT2D eigenvalue weighted by Gasteiger charge is -2.12. The molecule has 106 valence electrons. The topological polar surface area (TPSA) is 68.9 Å². The van der Waals surface area contributed by atoms with Crippen molar-refractivity contribution < 1.29 is 4.92 Å². The molecule has 1 aromatic carbocycles. The molecule has 0 aliphatic heterocycles. The zero-order valence-corrected chi connectivity index (χ0v) is 13.0. The standard InChI is InChI=1S/C14H16BrN3O2/c1-9(2)5-10(15)6-14-12-7-11(18(19)20)3-4-13(12)16-8-17-14/h3-4,7-10H,5-6H2,1-2H3. The minimum Gasteiger partial charge on any atom is -0.258 e. The number of alkyl halides is 1. The number of nitrogens with zero attached hydrogens (tertiary/aromatic N) is 3. The predicted molar refractivity (Wildman–Crippen MR) is 82.1 cm³/mol. The number of aromatic nitrogens is 2. The fraction of sp³-hybridized carbons (Fsp3) is 0.429. The molecule has 20 heavy (non-hydrogen) atoms. The maximum atomic E-state index is 10.9. The normalized spacial score (nSPS) is 12.8. The van der Waals surface area contributed by atoms with E-state index in [9.17, 15) is 10.1 Å². The molecule has 5 nitrogen and oxygen atoms in total. The first kappa shape index (κ1) is 14.8. The van der Waals surface area contributed by atoms with Crippen LogP contribution in [0.25, 0.3) is 10.9 Å². The van der Waals surface area contributed by atoms with Gasteiger partial charge in [-0.15, -0.1) is 0 Å². The van der Waals surface area contributed by atoms with Gasteiger partial charge in [0, 0.05) is 28.8 Å². The number of hydrogen-bond acceptors (Lipinski definition) is 4. The van der Waals surface area contributed by atoms with Crippen LogP contribution >= 0.6 is 15.9 Å². The number of non-ortho nitro benzene ring substituents is 1. The Kier molecular flexibility index (Phi) is 4.65. The number of rotatable bonds is 5. The summed E-state index contributed by atoms with van der Waals surface area (Å²) in [6.07, 6.45) is 3.28. The molecule has 0 saturated heterocycles. The van der Waals surface area contributed by atoms with E-state index in [4.69, 9.17) is 0 Å². The van der Waals surface area contributed by atoms with Gasteiger partial charge < -0.3 is 0 Å². The number of nitro groups is 1. The van der Waals surface area contributed by atoms with E-state index in [0.717, 1.165) is 29.4 Å². The third kappa shape index (κ3) is 3.50. The first-order chi connectivity index (χ1) is 9.47. The first-order valence-electron chi connectivity index (χ1n) is 6.49. The molecule has 0 saturated carbocycles. The molecule has 0 bridgehead atoms. The van der Waals surface area contributed by atoms with Gasteiger partial charge in [-0.1, -0.05) is 29.8 Å². The Balaban J connectivity index is 2.37. The third-order valence-electron chi connectivity index (χ3n) is 3.05. The average molecular weight is 338 g/mol. The first-order valence-corrected chi connectivity index (χ1v) is 7.41. The molecule has 1 unspecified atom stereocenters. The monoisotopic (exact) mass is 337 g/mol. The van der Waals surface area contributed by atoms with Gasteiger partial charge in [-0.3, -0.25) is 10.1 Å². The summed E-state index contributed by atoms with van der Waals surface area (Å²) in [4.78, 5) is 19.2. The van der Waals surface area contributed by atoms with Gasteiger partial charge in [-0.05, 0) is 18.4 Å². The second-order valence-electron chi connectivity index (χ2n) is 5.21. The lowest BCUT2D eigenvalue weighted by atomic mass is 10.0. The van der Waals surface area contributed by atoms with Gasteiger partial charge in [0.2, 0.25) is 0 Å². The second-order valence-corrected chi connectivity index (χ2v) is 6.50. The number of nitro benzene ring substituents is 1. The van der Waals surface area contributed by atoms with Crippen molar-refractivity contribution in [2.45, 2.75) is 31.5 Å². The van der Waals surface area contributed by atoms with Crippen LogP contribution in [-0.4, -0.2) is 19.7 Å². The molecule has 2 rings (SSSR count). The van der Waals surface area contributed by atoms with E-state index in [1.54, 1.807) is 12.1 Å². The van der Waals surface area contributed by atoms with Crippen molar-refractivity contribution in [3.05, 3.63) is 40.3 Å². The van der Waals surface area contributed by atoms with Gasteiger partial charge >= 0.3 is 0 Å². The zero-order valence-electron chi connectivity index (χ0n) is 11.4. The molecular weight excluding hydrogens is 322 g/mol. The zero-order chi connectivity index (χ0) is 14.7. The molecule has 0 N–H and O–H groups in total. The molecule has 0 fully saturated rings. The van der Waals surface area contributed by atoms with Crippen molar-refractivity contribution in [3.63, 3.8) is 0 Å². The minimum absolute atomic E-state index is 0.0727. The smallest absolute Gasteiger partial charge is 0.258 e. The fourth-order valence-electron chi connectivity index (χ4n) is 2.18. The molecule has 0 aliphatic rings. The summed E-state index contributed by atoms with van der Waals surface area (Å²) >= 11 is 3.65. The summed E-state index contributed by atoms with van der Waals surface area (Å²) in [6, 6.07) is 4.70. The molecule has 0 radical (unpaired) electrons. The Hall–Kier alpha value is -1.56. The molecule has 1 atom stereocenters. The van der Waals surface area contributed by atoms with E-state index in [1.165, 1.54) is 12.4 Å². The highest BCUT2D eigenvalue weighted by Crippen LogP contribution is 2.24. The van der Waals surface area contributed by atoms with E-state index in [-0.39, 0.29) is 5.69 Å². The second kappa shape index (κ2) is 6.26. The SMILES string of the molecule is CC(C)CC(Br)Cc1ncnc2ccc([N+](=O)[O-])cc12. The number of hydrogen-bond donors (Lipinski definition) is 0. The summed E-state index contributed by atoms with van der Waals surface area (Å²) in [5, 5.41) is 11.6. The highest BCUT2D eigenvalue weighted by molar-refractivity contribution is 9.09. The van der Waals surface area contributed by atoms with Gasteiger partial charge in [-0.2, -0.15) is 0 Å². The van der Waals surface area contributed by atoms with Gasteiger partial charge in [0.1, 0.15) is 6.33 Å². The Labute approximate surface area is 125 Å². The maximum absolute atomic E-state index is 10.9. The Morgan fingerprint density at radius 1 is 1.35 bits per heavy atom. The lowest BCUT2D eigenvalue weighted by Crippen LogP contribution is -2.08. The molecule has 6 heteroatoms. The van der Waals surface area contributed by atoms with Crippen molar-refractivity contribution in [2.75, 3.05) is 0 Å². The summed E-state index contributed by atoms with van der Waals surface area (Å²) in [5.41, 5.74) is 1.66. The van der Waals surface area contributed by atoms with Gasteiger partial charge in [-0.25, -0.2) is 9.97 Å². The van der Waals surface area contributed by atoms with Crippen LogP contribution in [0.2, 0.25) is 0 Å². The van der Waals surface area contributed by atoms with Gasteiger partial charge in [0.05, 0.1) is 16.1 Å². The molecule has 2 aromatic rings. The Bertz CT molecular complexity index is 631. The molecule has 1 aromatic heterocycles. The molecule has 0 aliphatic carbocycles.